The fourth-order valence-electron chi connectivity index (χ4n) is 1.05. The molecule has 0 aliphatic heterocycles. The first-order chi connectivity index (χ1) is 5.70. The van der Waals surface area contributed by atoms with Crippen molar-refractivity contribution in [2.45, 2.75) is 32.6 Å². The Morgan fingerprint density at radius 2 is 2.25 bits per heavy atom. The van der Waals surface area contributed by atoms with Crippen molar-refractivity contribution in [3.8, 4) is 0 Å². The van der Waals surface area contributed by atoms with Crippen LogP contribution in [0.5, 0.6) is 0 Å². The summed E-state index contributed by atoms with van der Waals surface area (Å²) in [4.78, 5) is 10.9. The number of rotatable bonds is 6. The number of amides is 1. The van der Waals surface area contributed by atoms with Gasteiger partial charge in [0, 0.05) is 13.5 Å². The summed E-state index contributed by atoms with van der Waals surface area (Å²) in [5, 5.41) is 2.62. The number of hydrogen-bond acceptors (Lipinski definition) is 1. The lowest BCUT2D eigenvalue weighted by Gasteiger charge is -2.08. The highest BCUT2D eigenvalue weighted by Gasteiger charge is 2.03. The molecule has 0 saturated heterocycles. The molecule has 0 fully saturated rings. The number of carbonyl (C=O) groups excluding carboxylic acids is 1. The van der Waals surface area contributed by atoms with E-state index < -0.39 is 0 Å². The molecule has 0 aromatic rings. The number of hydrogen-bond donors (Lipinski definition) is 1. The van der Waals surface area contributed by atoms with Crippen molar-refractivity contribution >= 4 is 5.91 Å². The first kappa shape index (κ1) is 11.2. The second-order valence-electron chi connectivity index (χ2n) is 3.18. The van der Waals surface area contributed by atoms with Crippen LogP contribution in [0, 0.1) is 5.92 Å². The Hall–Kier alpha value is -0.790. The lowest BCUT2D eigenvalue weighted by atomic mass is 10.00. The molecule has 0 saturated carbocycles. The predicted octanol–water partition coefficient (Wildman–Crippen LogP) is 2.11. The zero-order valence-electron chi connectivity index (χ0n) is 8.10. The fraction of sp³-hybridized carbons (Fsp3) is 0.700. The second kappa shape index (κ2) is 6.89. The molecule has 0 spiro atoms. The maximum atomic E-state index is 10.9. The van der Waals surface area contributed by atoms with Crippen LogP contribution in [0.2, 0.25) is 0 Å². The Bertz CT molecular complexity index is 143. The minimum absolute atomic E-state index is 0.139. The van der Waals surface area contributed by atoms with E-state index in [1.54, 1.807) is 7.05 Å². The van der Waals surface area contributed by atoms with E-state index in [0.717, 1.165) is 19.3 Å². The van der Waals surface area contributed by atoms with Crippen molar-refractivity contribution < 1.29 is 4.79 Å². The van der Waals surface area contributed by atoms with Gasteiger partial charge in [0.25, 0.3) is 0 Å². The molecule has 70 valence electrons. The van der Waals surface area contributed by atoms with Gasteiger partial charge in [-0.15, -0.1) is 6.58 Å². The molecule has 1 unspecified atom stereocenters. The Kier molecular flexibility index (Phi) is 6.44. The van der Waals surface area contributed by atoms with Gasteiger partial charge in [0.1, 0.15) is 0 Å². The largest absolute Gasteiger partial charge is 0.359 e. The minimum atomic E-state index is 0.139. The molecule has 1 atom stereocenters. The van der Waals surface area contributed by atoms with Crippen LogP contribution in [0.1, 0.15) is 32.6 Å². The highest BCUT2D eigenvalue weighted by molar-refractivity contribution is 5.75. The Morgan fingerprint density at radius 3 is 2.75 bits per heavy atom. The van der Waals surface area contributed by atoms with Gasteiger partial charge >= 0.3 is 0 Å². The van der Waals surface area contributed by atoms with Crippen molar-refractivity contribution in [3.05, 3.63) is 12.7 Å². The first-order valence-corrected chi connectivity index (χ1v) is 4.52. The number of nitrogens with one attached hydrogen (secondary N) is 1. The standard InChI is InChI=1S/C10H19NO/c1-4-5-6-9(2)7-8-10(12)11-3/h4,9H,1,5-8H2,2-3H3,(H,11,12). The van der Waals surface area contributed by atoms with Crippen LogP contribution in [0.25, 0.3) is 0 Å². The zero-order chi connectivity index (χ0) is 9.40. The van der Waals surface area contributed by atoms with Gasteiger partial charge in [0.05, 0.1) is 0 Å². The van der Waals surface area contributed by atoms with E-state index in [9.17, 15) is 4.79 Å². The molecule has 1 N–H and O–H groups in total. The summed E-state index contributed by atoms with van der Waals surface area (Å²) in [6.07, 6.45) is 5.74. The molecule has 0 aliphatic rings. The van der Waals surface area contributed by atoms with Gasteiger partial charge in [0.2, 0.25) is 5.91 Å². The van der Waals surface area contributed by atoms with Crippen LogP contribution >= 0.6 is 0 Å². The van der Waals surface area contributed by atoms with Crippen LogP contribution in [0.3, 0.4) is 0 Å². The van der Waals surface area contributed by atoms with Crippen molar-refractivity contribution in [1.82, 2.24) is 5.32 Å². The fourth-order valence-corrected chi connectivity index (χ4v) is 1.05. The van der Waals surface area contributed by atoms with E-state index in [4.69, 9.17) is 0 Å². The van der Waals surface area contributed by atoms with Gasteiger partial charge in [0.15, 0.2) is 0 Å². The van der Waals surface area contributed by atoms with E-state index in [2.05, 4.69) is 18.8 Å². The number of allylic oxidation sites excluding steroid dienone is 1. The van der Waals surface area contributed by atoms with Crippen molar-refractivity contribution in [2.75, 3.05) is 7.05 Å². The van der Waals surface area contributed by atoms with Gasteiger partial charge in [-0.2, -0.15) is 0 Å². The third-order valence-corrected chi connectivity index (χ3v) is 2.01. The quantitative estimate of drug-likeness (QED) is 0.606. The topological polar surface area (TPSA) is 29.1 Å². The summed E-state index contributed by atoms with van der Waals surface area (Å²) in [6.45, 7) is 5.84. The lowest BCUT2D eigenvalue weighted by Crippen LogP contribution is -2.18. The van der Waals surface area contributed by atoms with Crippen molar-refractivity contribution in [3.63, 3.8) is 0 Å². The summed E-state index contributed by atoms with van der Waals surface area (Å²) in [5.74, 6) is 0.765. The van der Waals surface area contributed by atoms with E-state index in [1.165, 1.54) is 0 Å². The van der Waals surface area contributed by atoms with E-state index >= 15 is 0 Å². The van der Waals surface area contributed by atoms with Crippen molar-refractivity contribution in [2.24, 2.45) is 5.92 Å². The van der Waals surface area contributed by atoms with Gasteiger partial charge in [-0.05, 0) is 25.2 Å². The summed E-state index contributed by atoms with van der Waals surface area (Å²) >= 11 is 0. The molecule has 12 heavy (non-hydrogen) atoms. The van der Waals surface area contributed by atoms with Crippen LogP contribution in [0.4, 0.5) is 0 Å². The molecule has 0 aliphatic carbocycles. The van der Waals surface area contributed by atoms with Crippen LogP contribution in [0.15, 0.2) is 12.7 Å². The van der Waals surface area contributed by atoms with Gasteiger partial charge in [-0.1, -0.05) is 13.0 Å². The van der Waals surface area contributed by atoms with Gasteiger partial charge in [-0.25, -0.2) is 0 Å². The average Bonchev–Trinajstić information content (AvgIpc) is 2.10. The molecule has 0 heterocycles. The Labute approximate surface area is 75.0 Å². The maximum Gasteiger partial charge on any atom is 0.219 e. The predicted molar refractivity (Wildman–Crippen MR) is 51.9 cm³/mol. The first-order valence-electron chi connectivity index (χ1n) is 4.52. The summed E-state index contributed by atoms with van der Waals surface area (Å²) in [7, 11) is 1.68. The molecular formula is C10H19NO. The van der Waals surface area contributed by atoms with Crippen molar-refractivity contribution in [1.29, 1.82) is 0 Å². The van der Waals surface area contributed by atoms with Gasteiger partial charge in [-0.3, -0.25) is 4.79 Å². The SMILES string of the molecule is C=CCCC(C)CCC(=O)NC. The molecule has 2 nitrogen and oxygen atoms in total. The molecule has 0 aromatic carbocycles. The van der Waals surface area contributed by atoms with E-state index in [0.29, 0.717) is 12.3 Å². The Morgan fingerprint density at radius 1 is 1.58 bits per heavy atom. The molecular weight excluding hydrogens is 150 g/mol. The third kappa shape index (κ3) is 5.96. The molecule has 0 rings (SSSR count). The number of carbonyl (C=O) groups is 1. The third-order valence-electron chi connectivity index (χ3n) is 2.01. The second-order valence-corrected chi connectivity index (χ2v) is 3.18. The summed E-state index contributed by atoms with van der Waals surface area (Å²) < 4.78 is 0. The maximum absolute atomic E-state index is 10.9. The van der Waals surface area contributed by atoms with Crippen LogP contribution in [-0.4, -0.2) is 13.0 Å². The smallest absolute Gasteiger partial charge is 0.219 e. The highest BCUT2D eigenvalue weighted by atomic mass is 16.1. The average molecular weight is 169 g/mol. The summed E-state index contributed by atoms with van der Waals surface area (Å²) in [5.41, 5.74) is 0. The lowest BCUT2D eigenvalue weighted by molar-refractivity contribution is -0.120. The van der Waals surface area contributed by atoms with Gasteiger partial charge < -0.3 is 5.32 Å². The zero-order valence-corrected chi connectivity index (χ0v) is 8.10. The Balaban J connectivity index is 3.36. The summed E-state index contributed by atoms with van der Waals surface area (Å²) in [6, 6.07) is 0. The molecule has 0 radical (unpaired) electrons. The van der Waals surface area contributed by atoms with E-state index in [1.807, 2.05) is 6.08 Å². The normalized spacial score (nSPS) is 12.2. The minimum Gasteiger partial charge on any atom is -0.359 e. The highest BCUT2D eigenvalue weighted by Crippen LogP contribution is 2.12. The monoisotopic (exact) mass is 169 g/mol. The van der Waals surface area contributed by atoms with Crippen LogP contribution in [-0.2, 0) is 4.79 Å². The van der Waals surface area contributed by atoms with E-state index in [-0.39, 0.29) is 5.91 Å². The molecule has 0 bridgehead atoms. The van der Waals surface area contributed by atoms with Crippen LogP contribution < -0.4 is 5.32 Å². The molecule has 1 amide bonds. The molecule has 2 heteroatoms. The molecule has 0 aromatic heterocycles.